The van der Waals surface area contributed by atoms with Crippen molar-refractivity contribution >= 4 is 10.0 Å². The second-order valence-corrected chi connectivity index (χ2v) is 5.78. The second kappa shape index (κ2) is 5.43. The minimum atomic E-state index is -3.57. The summed E-state index contributed by atoms with van der Waals surface area (Å²) >= 11 is 0. The molecule has 0 aromatic heterocycles. The van der Waals surface area contributed by atoms with Gasteiger partial charge in [-0.3, -0.25) is 0 Å². The van der Waals surface area contributed by atoms with Crippen LogP contribution in [-0.4, -0.2) is 15.0 Å². The van der Waals surface area contributed by atoms with Crippen LogP contribution in [0.15, 0.2) is 29.2 Å². The van der Waals surface area contributed by atoms with E-state index in [0.29, 0.717) is 5.92 Å². The van der Waals surface area contributed by atoms with Gasteiger partial charge in [-0.25, -0.2) is 13.6 Å². The van der Waals surface area contributed by atoms with Crippen LogP contribution in [0.2, 0.25) is 0 Å². The topological polar surface area (TPSA) is 72.2 Å². The van der Waals surface area contributed by atoms with Gasteiger partial charge in [-0.05, 0) is 30.2 Å². The molecule has 0 spiro atoms. The van der Waals surface area contributed by atoms with Gasteiger partial charge < -0.3 is 5.32 Å². The molecule has 0 aliphatic heterocycles. The van der Waals surface area contributed by atoms with Gasteiger partial charge >= 0.3 is 0 Å². The van der Waals surface area contributed by atoms with Crippen LogP contribution in [0.4, 0.5) is 0 Å². The SMILES string of the molecule is CC(C)CNCc1ccc(S(N)(=O)=O)cc1. The first-order valence-corrected chi connectivity index (χ1v) is 6.76. The third-order valence-electron chi connectivity index (χ3n) is 2.13. The van der Waals surface area contributed by atoms with E-state index in [1.54, 1.807) is 12.1 Å². The molecule has 90 valence electrons. The average molecular weight is 242 g/mol. The normalized spacial score (nSPS) is 12.0. The summed E-state index contributed by atoms with van der Waals surface area (Å²) in [6.07, 6.45) is 0. The summed E-state index contributed by atoms with van der Waals surface area (Å²) in [4.78, 5) is 0.153. The minimum Gasteiger partial charge on any atom is -0.312 e. The van der Waals surface area contributed by atoms with Crippen molar-refractivity contribution in [2.24, 2.45) is 11.1 Å². The smallest absolute Gasteiger partial charge is 0.238 e. The molecule has 0 aliphatic carbocycles. The molecule has 1 rings (SSSR count). The van der Waals surface area contributed by atoms with E-state index in [4.69, 9.17) is 5.14 Å². The molecule has 0 atom stereocenters. The van der Waals surface area contributed by atoms with Crippen LogP contribution >= 0.6 is 0 Å². The molecule has 1 aromatic carbocycles. The summed E-state index contributed by atoms with van der Waals surface area (Å²) in [5.41, 5.74) is 1.05. The largest absolute Gasteiger partial charge is 0.312 e. The standard InChI is InChI=1S/C11H18N2O2S/c1-9(2)7-13-8-10-3-5-11(6-4-10)16(12,14)15/h3-6,9,13H,7-8H2,1-2H3,(H2,12,14,15). The molecule has 0 radical (unpaired) electrons. The summed E-state index contributed by atoms with van der Waals surface area (Å²) in [6.45, 7) is 5.95. The maximum absolute atomic E-state index is 11.0. The summed E-state index contributed by atoms with van der Waals surface area (Å²) in [5, 5.41) is 8.28. The first-order valence-electron chi connectivity index (χ1n) is 5.22. The van der Waals surface area contributed by atoms with Gasteiger partial charge in [0.05, 0.1) is 4.90 Å². The molecule has 16 heavy (non-hydrogen) atoms. The quantitative estimate of drug-likeness (QED) is 0.811. The first-order chi connectivity index (χ1) is 7.39. The van der Waals surface area contributed by atoms with E-state index >= 15 is 0 Å². The van der Waals surface area contributed by atoms with E-state index in [0.717, 1.165) is 18.7 Å². The Labute approximate surface area is 96.9 Å². The highest BCUT2D eigenvalue weighted by molar-refractivity contribution is 7.89. The second-order valence-electron chi connectivity index (χ2n) is 4.21. The predicted molar refractivity (Wildman–Crippen MR) is 64.4 cm³/mol. The Kier molecular flexibility index (Phi) is 4.46. The molecule has 0 unspecified atom stereocenters. The predicted octanol–water partition coefficient (Wildman–Crippen LogP) is 1.08. The lowest BCUT2D eigenvalue weighted by Crippen LogP contribution is -2.19. The summed E-state index contributed by atoms with van der Waals surface area (Å²) in [6, 6.07) is 6.60. The molecule has 5 heteroatoms. The van der Waals surface area contributed by atoms with Crippen LogP contribution < -0.4 is 10.5 Å². The Hall–Kier alpha value is -0.910. The molecular formula is C11H18N2O2S. The molecule has 0 bridgehead atoms. The number of nitrogens with two attached hydrogens (primary N) is 1. The molecule has 0 heterocycles. The monoisotopic (exact) mass is 242 g/mol. The lowest BCUT2D eigenvalue weighted by atomic mass is 10.2. The highest BCUT2D eigenvalue weighted by Gasteiger charge is 2.06. The molecule has 0 saturated carbocycles. The fourth-order valence-corrected chi connectivity index (χ4v) is 1.82. The molecule has 0 saturated heterocycles. The molecule has 0 aliphatic rings. The number of benzene rings is 1. The van der Waals surface area contributed by atoms with E-state index in [9.17, 15) is 8.42 Å². The number of rotatable bonds is 5. The van der Waals surface area contributed by atoms with E-state index in [2.05, 4.69) is 19.2 Å². The van der Waals surface area contributed by atoms with Gasteiger partial charge in [0.2, 0.25) is 10.0 Å². The van der Waals surface area contributed by atoms with Gasteiger partial charge in [-0.15, -0.1) is 0 Å². The van der Waals surface area contributed by atoms with Gasteiger partial charge in [0, 0.05) is 6.54 Å². The summed E-state index contributed by atoms with van der Waals surface area (Å²) < 4.78 is 22.0. The van der Waals surface area contributed by atoms with Crippen LogP contribution in [-0.2, 0) is 16.6 Å². The van der Waals surface area contributed by atoms with Gasteiger partial charge in [0.1, 0.15) is 0 Å². The van der Waals surface area contributed by atoms with E-state index in [-0.39, 0.29) is 4.90 Å². The molecule has 0 amide bonds. The van der Waals surface area contributed by atoms with Crippen molar-refractivity contribution in [3.63, 3.8) is 0 Å². The van der Waals surface area contributed by atoms with Gasteiger partial charge in [-0.1, -0.05) is 26.0 Å². The molecule has 4 nitrogen and oxygen atoms in total. The Bertz CT molecular complexity index is 424. The Balaban J connectivity index is 2.59. The van der Waals surface area contributed by atoms with Crippen LogP contribution in [0.1, 0.15) is 19.4 Å². The Morgan fingerprint density at radius 2 is 1.81 bits per heavy atom. The van der Waals surface area contributed by atoms with E-state index in [1.165, 1.54) is 12.1 Å². The van der Waals surface area contributed by atoms with Crippen molar-refractivity contribution in [3.05, 3.63) is 29.8 Å². The number of sulfonamides is 1. The molecular weight excluding hydrogens is 224 g/mol. The lowest BCUT2D eigenvalue weighted by molar-refractivity contribution is 0.552. The molecule has 1 aromatic rings. The van der Waals surface area contributed by atoms with E-state index < -0.39 is 10.0 Å². The number of hydrogen-bond acceptors (Lipinski definition) is 3. The molecule has 0 fully saturated rings. The Morgan fingerprint density at radius 1 is 1.25 bits per heavy atom. The zero-order chi connectivity index (χ0) is 12.2. The third kappa shape index (κ3) is 4.30. The number of nitrogens with one attached hydrogen (secondary N) is 1. The zero-order valence-corrected chi connectivity index (χ0v) is 10.4. The number of primary sulfonamides is 1. The van der Waals surface area contributed by atoms with Crippen molar-refractivity contribution in [1.82, 2.24) is 5.32 Å². The van der Waals surface area contributed by atoms with Gasteiger partial charge in [0.25, 0.3) is 0 Å². The Morgan fingerprint density at radius 3 is 2.25 bits per heavy atom. The fourth-order valence-electron chi connectivity index (χ4n) is 1.30. The highest BCUT2D eigenvalue weighted by atomic mass is 32.2. The number of hydrogen-bond donors (Lipinski definition) is 2. The van der Waals surface area contributed by atoms with E-state index in [1.807, 2.05) is 0 Å². The van der Waals surface area contributed by atoms with Crippen molar-refractivity contribution in [2.45, 2.75) is 25.3 Å². The van der Waals surface area contributed by atoms with Crippen molar-refractivity contribution < 1.29 is 8.42 Å². The van der Waals surface area contributed by atoms with Crippen molar-refractivity contribution in [1.29, 1.82) is 0 Å². The van der Waals surface area contributed by atoms with Crippen LogP contribution in [0.3, 0.4) is 0 Å². The average Bonchev–Trinajstić information content (AvgIpc) is 2.16. The van der Waals surface area contributed by atoms with Crippen molar-refractivity contribution in [2.75, 3.05) is 6.54 Å². The zero-order valence-electron chi connectivity index (χ0n) is 9.60. The van der Waals surface area contributed by atoms with Crippen LogP contribution in [0.5, 0.6) is 0 Å². The summed E-state index contributed by atoms with van der Waals surface area (Å²) in [7, 11) is -3.57. The third-order valence-corrected chi connectivity index (χ3v) is 3.06. The fraction of sp³-hybridized carbons (Fsp3) is 0.455. The minimum absolute atomic E-state index is 0.153. The van der Waals surface area contributed by atoms with Crippen LogP contribution in [0, 0.1) is 5.92 Å². The molecule has 3 N–H and O–H groups in total. The highest BCUT2D eigenvalue weighted by Crippen LogP contribution is 2.08. The lowest BCUT2D eigenvalue weighted by Gasteiger charge is -2.07. The van der Waals surface area contributed by atoms with Gasteiger partial charge in [-0.2, -0.15) is 0 Å². The first kappa shape index (κ1) is 13.2. The van der Waals surface area contributed by atoms with Crippen LogP contribution in [0.25, 0.3) is 0 Å². The maximum atomic E-state index is 11.0. The maximum Gasteiger partial charge on any atom is 0.238 e. The van der Waals surface area contributed by atoms with Crippen molar-refractivity contribution in [3.8, 4) is 0 Å². The van der Waals surface area contributed by atoms with Gasteiger partial charge in [0.15, 0.2) is 0 Å². The summed E-state index contributed by atoms with van der Waals surface area (Å²) in [5.74, 6) is 0.601.